The average Bonchev–Trinajstić information content (AvgIpc) is 2.82. The molecule has 2 saturated heterocycles. The van der Waals surface area contributed by atoms with Gasteiger partial charge in [0.1, 0.15) is 12.4 Å². The summed E-state index contributed by atoms with van der Waals surface area (Å²) in [6, 6.07) is 0. The number of unbranched alkanes of at least 4 members (excludes halogenated alkanes) is 4. The molecule has 0 radical (unpaired) electrons. The van der Waals surface area contributed by atoms with Gasteiger partial charge in [-0.2, -0.15) is 0 Å². The number of carbonyl (C=O) groups is 2. The van der Waals surface area contributed by atoms with Crippen LogP contribution in [0.2, 0.25) is 0 Å². The van der Waals surface area contributed by atoms with Crippen molar-refractivity contribution >= 4 is 12.3 Å². The number of carbonyl (C=O) groups excluding carboxylic acids is 2. The first-order valence-corrected chi connectivity index (χ1v) is 15.7. The molecule has 2 fully saturated rings. The molecular weight excluding hydrogens is 488 g/mol. The first kappa shape index (κ1) is 34.2. The second-order valence-electron chi connectivity index (χ2n) is 15.3. The maximum absolute atomic E-state index is 12.5. The van der Waals surface area contributed by atoms with E-state index in [9.17, 15) is 9.59 Å². The van der Waals surface area contributed by atoms with E-state index in [0.717, 1.165) is 76.9 Å². The Morgan fingerprint density at radius 3 is 1.67 bits per heavy atom. The molecule has 1 unspecified atom stereocenters. The van der Waals surface area contributed by atoms with E-state index in [2.05, 4.69) is 86.2 Å². The zero-order valence-corrected chi connectivity index (χ0v) is 27.5. The Morgan fingerprint density at radius 2 is 1.21 bits per heavy atom. The number of rotatable bonds is 14. The average molecular weight is 551 g/mol. The van der Waals surface area contributed by atoms with Gasteiger partial charge in [-0.3, -0.25) is 14.6 Å². The predicted octanol–water partition coefficient (Wildman–Crippen LogP) is 7.18. The van der Waals surface area contributed by atoms with Gasteiger partial charge in [0.25, 0.3) is 0 Å². The lowest BCUT2D eigenvalue weighted by molar-refractivity contribution is -0.159. The Labute approximate surface area is 240 Å². The molecule has 6 heteroatoms. The molecule has 0 spiro atoms. The zero-order valence-electron chi connectivity index (χ0n) is 27.5. The van der Waals surface area contributed by atoms with Gasteiger partial charge in [-0.1, -0.05) is 32.6 Å². The fraction of sp³-hybridized carbons (Fsp3) is 0.939. The minimum Gasteiger partial charge on any atom is -0.462 e. The van der Waals surface area contributed by atoms with Crippen LogP contribution in [0.5, 0.6) is 0 Å². The Balaban J connectivity index is 1.69. The summed E-state index contributed by atoms with van der Waals surface area (Å²) in [6.07, 6.45) is 12.3. The molecule has 39 heavy (non-hydrogen) atoms. The Hall–Kier alpha value is -0.980. The van der Waals surface area contributed by atoms with Crippen molar-refractivity contribution in [2.45, 2.75) is 174 Å². The predicted molar refractivity (Wildman–Crippen MR) is 161 cm³/mol. The molecule has 0 aromatic carbocycles. The van der Waals surface area contributed by atoms with Gasteiger partial charge in [-0.15, -0.1) is 0 Å². The van der Waals surface area contributed by atoms with E-state index in [-0.39, 0.29) is 40.3 Å². The maximum Gasteiger partial charge on any atom is 0.306 e. The lowest BCUT2D eigenvalue weighted by Crippen LogP contribution is -2.60. The fourth-order valence-electron chi connectivity index (χ4n) is 7.09. The van der Waals surface area contributed by atoms with Gasteiger partial charge in [0.15, 0.2) is 0 Å². The van der Waals surface area contributed by atoms with Crippen LogP contribution in [0.4, 0.5) is 0 Å². The lowest BCUT2D eigenvalue weighted by atomic mass is 9.78. The SMILES string of the molecule is CCC(C=O)(CCCCCCCC(=O)OC1CC(C)(C)N(C)C(C)(C)C1)COC1CC(C)(C)N(C)C(C)(C)C1. The largest absolute Gasteiger partial charge is 0.462 e. The minimum absolute atomic E-state index is 0.00177. The number of likely N-dealkylation sites (tertiary alicyclic amines) is 2. The van der Waals surface area contributed by atoms with Crippen molar-refractivity contribution < 1.29 is 19.1 Å². The van der Waals surface area contributed by atoms with E-state index in [4.69, 9.17) is 9.47 Å². The van der Waals surface area contributed by atoms with E-state index >= 15 is 0 Å². The summed E-state index contributed by atoms with van der Waals surface area (Å²) >= 11 is 0. The van der Waals surface area contributed by atoms with Gasteiger partial charge in [0, 0.05) is 46.8 Å². The van der Waals surface area contributed by atoms with Crippen molar-refractivity contribution in [1.82, 2.24) is 9.80 Å². The van der Waals surface area contributed by atoms with Crippen molar-refractivity contribution in [3.63, 3.8) is 0 Å². The van der Waals surface area contributed by atoms with Gasteiger partial charge >= 0.3 is 5.97 Å². The zero-order chi connectivity index (χ0) is 29.7. The third kappa shape index (κ3) is 9.26. The molecule has 2 aliphatic rings. The molecule has 0 N–H and O–H groups in total. The Morgan fingerprint density at radius 1 is 0.769 bits per heavy atom. The monoisotopic (exact) mass is 550 g/mol. The smallest absolute Gasteiger partial charge is 0.306 e. The van der Waals surface area contributed by atoms with Crippen LogP contribution in [0.25, 0.3) is 0 Å². The highest BCUT2D eigenvalue weighted by Crippen LogP contribution is 2.40. The van der Waals surface area contributed by atoms with Gasteiger partial charge in [-0.25, -0.2) is 0 Å². The standard InChI is InChI=1S/C33H62N2O4/c1-12-33(24-36,25-38-26-20-29(2,3)34(10)30(4,5)21-26)19-17-15-13-14-16-18-28(37)39-27-22-31(6,7)35(11)32(8,9)23-27/h24,26-27H,12-23,25H2,1-11H3. The molecule has 2 aliphatic heterocycles. The van der Waals surface area contributed by atoms with Gasteiger partial charge in [-0.05, 0) is 102 Å². The molecule has 0 aliphatic carbocycles. The van der Waals surface area contributed by atoms with Crippen molar-refractivity contribution in [3.8, 4) is 0 Å². The van der Waals surface area contributed by atoms with Crippen molar-refractivity contribution in [2.24, 2.45) is 5.41 Å². The topological polar surface area (TPSA) is 59.1 Å². The first-order chi connectivity index (χ1) is 17.9. The van der Waals surface area contributed by atoms with Gasteiger partial charge < -0.3 is 14.3 Å². The number of esters is 1. The van der Waals surface area contributed by atoms with Crippen LogP contribution in [0.1, 0.15) is 139 Å². The number of ether oxygens (including phenoxy) is 2. The molecule has 228 valence electrons. The van der Waals surface area contributed by atoms with E-state index in [1.165, 1.54) is 0 Å². The van der Waals surface area contributed by atoms with Crippen LogP contribution >= 0.6 is 0 Å². The number of aldehydes is 1. The summed E-state index contributed by atoms with van der Waals surface area (Å²) in [6.45, 7) is 20.7. The molecular formula is C33H62N2O4. The van der Waals surface area contributed by atoms with Crippen LogP contribution < -0.4 is 0 Å². The highest BCUT2D eigenvalue weighted by molar-refractivity contribution is 5.69. The molecule has 2 rings (SSSR count). The molecule has 0 bridgehead atoms. The van der Waals surface area contributed by atoms with Crippen molar-refractivity contribution in [1.29, 1.82) is 0 Å². The highest BCUT2D eigenvalue weighted by Gasteiger charge is 2.45. The quantitative estimate of drug-likeness (QED) is 0.130. The summed E-state index contributed by atoms with van der Waals surface area (Å²) < 4.78 is 12.4. The van der Waals surface area contributed by atoms with Crippen LogP contribution in [0.15, 0.2) is 0 Å². The van der Waals surface area contributed by atoms with Crippen LogP contribution in [0.3, 0.4) is 0 Å². The molecule has 0 amide bonds. The second-order valence-corrected chi connectivity index (χ2v) is 15.3. The van der Waals surface area contributed by atoms with Gasteiger partial charge in [0.2, 0.25) is 0 Å². The Kier molecular flexibility index (Phi) is 11.7. The summed E-state index contributed by atoms with van der Waals surface area (Å²) in [4.78, 5) is 29.6. The van der Waals surface area contributed by atoms with Gasteiger partial charge in [0.05, 0.1) is 12.7 Å². The van der Waals surface area contributed by atoms with Crippen molar-refractivity contribution in [3.05, 3.63) is 0 Å². The third-order valence-corrected chi connectivity index (χ3v) is 10.5. The number of piperidine rings is 2. The highest BCUT2D eigenvalue weighted by atomic mass is 16.5. The second kappa shape index (κ2) is 13.3. The molecule has 0 aromatic rings. The maximum atomic E-state index is 12.5. The molecule has 0 aromatic heterocycles. The lowest BCUT2D eigenvalue weighted by Gasteiger charge is -2.53. The van der Waals surface area contributed by atoms with Crippen LogP contribution in [0, 0.1) is 5.41 Å². The van der Waals surface area contributed by atoms with Crippen LogP contribution in [-0.4, -0.2) is 77.1 Å². The van der Waals surface area contributed by atoms with E-state index < -0.39 is 5.41 Å². The number of hydrogen-bond donors (Lipinski definition) is 0. The van der Waals surface area contributed by atoms with E-state index in [1.807, 2.05) is 0 Å². The van der Waals surface area contributed by atoms with E-state index in [0.29, 0.717) is 13.0 Å². The third-order valence-electron chi connectivity index (χ3n) is 10.5. The summed E-state index contributed by atoms with van der Waals surface area (Å²) in [5.41, 5.74) is -0.193. The number of nitrogens with zero attached hydrogens (tertiary/aromatic N) is 2. The van der Waals surface area contributed by atoms with Crippen molar-refractivity contribution in [2.75, 3.05) is 20.7 Å². The molecule has 1 atom stereocenters. The van der Waals surface area contributed by atoms with Crippen LogP contribution in [-0.2, 0) is 19.1 Å². The molecule has 0 saturated carbocycles. The summed E-state index contributed by atoms with van der Waals surface area (Å²) in [5.74, 6) is -0.0560. The summed E-state index contributed by atoms with van der Waals surface area (Å²) in [5, 5.41) is 0. The molecule has 2 heterocycles. The first-order valence-electron chi connectivity index (χ1n) is 15.7. The summed E-state index contributed by atoms with van der Waals surface area (Å²) in [7, 11) is 4.37. The fourth-order valence-corrected chi connectivity index (χ4v) is 7.09. The van der Waals surface area contributed by atoms with E-state index in [1.54, 1.807) is 0 Å². The normalized spacial score (nSPS) is 25.2. The minimum atomic E-state index is -0.392. The number of hydrogen-bond acceptors (Lipinski definition) is 6. The Bertz CT molecular complexity index is 770. The molecule has 6 nitrogen and oxygen atoms in total.